The lowest BCUT2D eigenvalue weighted by Crippen LogP contribution is -2.39. The number of nitrogens with zero attached hydrogens (tertiary/aromatic N) is 5. The van der Waals surface area contributed by atoms with Crippen LogP contribution in [0.15, 0.2) is 67.0 Å². The Morgan fingerprint density at radius 1 is 1.03 bits per heavy atom. The zero-order valence-electron chi connectivity index (χ0n) is 16.4. The van der Waals surface area contributed by atoms with E-state index in [1.807, 2.05) is 41.2 Å². The summed E-state index contributed by atoms with van der Waals surface area (Å²) in [4.78, 5) is 12.1. The van der Waals surface area contributed by atoms with Gasteiger partial charge in [-0.1, -0.05) is 48.5 Å². The van der Waals surface area contributed by atoms with Crippen molar-refractivity contribution in [2.45, 2.75) is 19.6 Å². The van der Waals surface area contributed by atoms with E-state index >= 15 is 0 Å². The van der Waals surface area contributed by atoms with E-state index in [1.54, 1.807) is 0 Å². The first-order valence-electron chi connectivity index (χ1n) is 10.0. The predicted molar refractivity (Wildman–Crippen MR) is 114 cm³/mol. The number of hydrogen-bond acceptors (Lipinski definition) is 5. The zero-order valence-corrected chi connectivity index (χ0v) is 16.4. The van der Waals surface area contributed by atoms with Crippen molar-refractivity contribution in [3.63, 3.8) is 0 Å². The molecule has 6 nitrogen and oxygen atoms in total. The largest absolute Gasteiger partial charge is 0.370 e. The Labute approximate surface area is 169 Å². The SMILES string of the molecule is CCn1cc(C2CN(c3nc(-c4ccccc4)c4ccccc4n3)CCO2)cn1. The molecule has 0 radical (unpaired) electrons. The Kier molecular flexibility index (Phi) is 4.69. The first-order chi connectivity index (χ1) is 14.3. The number of anilines is 1. The molecule has 146 valence electrons. The Bertz CT molecular complexity index is 1120. The average Bonchev–Trinajstić information content (AvgIpc) is 3.28. The van der Waals surface area contributed by atoms with Gasteiger partial charge in [-0.3, -0.25) is 4.68 Å². The Morgan fingerprint density at radius 3 is 2.69 bits per heavy atom. The maximum absolute atomic E-state index is 6.03. The Morgan fingerprint density at radius 2 is 1.86 bits per heavy atom. The van der Waals surface area contributed by atoms with Crippen LogP contribution >= 0.6 is 0 Å². The molecular formula is C23H23N5O. The number of ether oxygens (including phenoxy) is 1. The number of benzene rings is 2. The van der Waals surface area contributed by atoms with E-state index in [-0.39, 0.29) is 6.10 Å². The van der Waals surface area contributed by atoms with Crippen LogP contribution in [0, 0.1) is 0 Å². The average molecular weight is 385 g/mol. The van der Waals surface area contributed by atoms with Crippen molar-refractivity contribution in [3.05, 3.63) is 72.6 Å². The number of rotatable bonds is 4. The molecule has 0 bridgehead atoms. The van der Waals surface area contributed by atoms with Gasteiger partial charge in [0.25, 0.3) is 0 Å². The predicted octanol–water partition coefficient (Wildman–Crippen LogP) is 4.09. The van der Waals surface area contributed by atoms with E-state index in [0.29, 0.717) is 13.2 Å². The molecule has 1 unspecified atom stereocenters. The molecule has 6 heteroatoms. The number of aryl methyl sites for hydroxylation is 1. The molecule has 0 amide bonds. The van der Waals surface area contributed by atoms with E-state index in [4.69, 9.17) is 14.7 Å². The highest BCUT2D eigenvalue weighted by molar-refractivity contribution is 5.93. The van der Waals surface area contributed by atoms with Crippen LogP contribution in [0.5, 0.6) is 0 Å². The standard InChI is InChI=1S/C23H23N5O/c1-2-28-15-18(14-24-28)21-16-27(12-13-29-21)23-25-20-11-7-6-10-19(20)22(26-23)17-8-4-3-5-9-17/h3-11,14-15,21H,2,12-13,16H2,1H3. The van der Waals surface area contributed by atoms with Crippen LogP contribution < -0.4 is 4.90 Å². The fourth-order valence-corrected chi connectivity index (χ4v) is 3.77. The van der Waals surface area contributed by atoms with Gasteiger partial charge >= 0.3 is 0 Å². The van der Waals surface area contributed by atoms with Crippen LogP contribution in [0.25, 0.3) is 22.2 Å². The van der Waals surface area contributed by atoms with Crippen LogP contribution in [0.3, 0.4) is 0 Å². The minimum absolute atomic E-state index is 0.0284. The quantitative estimate of drug-likeness (QED) is 0.530. The molecule has 1 aliphatic rings. The monoisotopic (exact) mass is 385 g/mol. The van der Waals surface area contributed by atoms with E-state index in [9.17, 15) is 0 Å². The molecular weight excluding hydrogens is 362 g/mol. The van der Waals surface area contributed by atoms with Gasteiger partial charge in [0.1, 0.15) is 6.10 Å². The van der Waals surface area contributed by atoms with Crippen molar-refractivity contribution in [2.75, 3.05) is 24.6 Å². The van der Waals surface area contributed by atoms with Crippen molar-refractivity contribution in [3.8, 4) is 11.3 Å². The minimum atomic E-state index is -0.0284. The molecule has 4 aromatic rings. The highest BCUT2D eigenvalue weighted by Crippen LogP contribution is 2.30. The lowest BCUT2D eigenvalue weighted by molar-refractivity contribution is 0.0392. The van der Waals surface area contributed by atoms with Crippen LogP contribution in [-0.4, -0.2) is 39.4 Å². The van der Waals surface area contributed by atoms with Gasteiger partial charge in [-0.05, 0) is 13.0 Å². The molecule has 0 spiro atoms. The summed E-state index contributed by atoms with van der Waals surface area (Å²) in [6.45, 7) is 5.05. The van der Waals surface area contributed by atoms with Gasteiger partial charge in [0.15, 0.2) is 0 Å². The highest BCUT2D eigenvalue weighted by Gasteiger charge is 2.25. The van der Waals surface area contributed by atoms with Crippen LogP contribution in [0.2, 0.25) is 0 Å². The summed E-state index contributed by atoms with van der Waals surface area (Å²) in [6.07, 6.45) is 3.93. The summed E-state index contributed by atoms with van der Waals surface area (Å²) >= 11 is 0. The summed E-state index contributed by atoms with van der Waals surface area (Å²) in [7, 11) is 0. The summed E-state index contributed by atoms with van der Waals surface area (Å²) in [6, 6.07) is 18.5. The molecule has 3 heterocycles. The molecule has 1 saturated heterocycles. The smallest absolute Gasteiger partial charge is 0.226 e. The molecule has 1 aliphatic heterocycles. The summed E-state index contributed by atoms with van der Waals surface area (Å²) in [5.74, 6) is 0.749. The van der Waals surface area contributed by atoms with Gasteiger partial charge in [-0.2, -0.15) is 5.10 Å². The van der Waals surface area contributed by atoms with E-state index in [2.05, 4.69) is 47.4 Å². The van der Waals surface area contributed by atoms with Crippen molar-refractivity contribution in [2.24, 2.45) is 0 Å². The van der Waals surface area contributed by atoms with Crippen molar-refractivity contribution < 1.29 is 4.74 Å². The van der Waals surface area contributed by atoms with Gasteiger partial charge in [0, 0.05) is 35.8 Å². The minimum Gasteiger partial charge on any atom is -0.370 e. The molecule has 29 heavy (non-hydrogen) atoms. The molecule has 1 fully saturated rings. The second-order valence-electron chi connectivity index (χ2n) is 7.19. The number of aromatic nitrogens is 4. The maximum Gasteiger partial charge on any atom is 0.226 e. The maximum atomic E-state index is 6.03. The normalized spacial score (nSPS) is 17.0. The number of hydrogen-bond donors (Lipinski definition) is 0. The van der Waals surface area contributed by atoms with Crippen molar-refractivity contribution in [1.82, 2.24) is 19.7 Å². The fourth-order valence-electron chi connectivity index (χ4n) is 3.77. The summed E-state index contributed by atoms with van der Waals surface area (Å²) in [5, 5.41) is 5.46. The second-order valence-corrected chi connectivity index (χ2v) is 7.19. The molecule has 0 N–H and O–H groups in total. The van der Waals surface area contributed by atoms with Gasteiger partial charge in [0.2, 0.25) is 5.95 Å². The van der Waals surface area contributed by atoms with Gasteiger partial charge in [-0.25, -0.2) is 9.97 Å². The number of morpholine rings is 1. The number of fused-ring (bicyclic) bond motifs is 1. The Balaban J connectivity index is 1.52. The zero-order chi connectivity index (χ0) is 19.6. The molecule has 0 aliphatic carbocycles. The Hall–Kier alpha value is -3.25. The van der Waals surface area contributed by atoms with E-state index in [0.717, 1.165) is 46.8 Å². The van der Waals surface area contributed by atoms with Crippen LogP contribution in [0.1, 0.15) is 18.6 Å². The van der Waals surface area contributed by atoms with Crippen LogP contribution in [0.4, 0.5) is 5.95 Å². The topological polar surface area (TPSA) is 56.1 Å². The van der Waals surface area contributed by atoms with Gasteiger partial charge < -0.3 is 9.64 Å². The number of para-hydroxylation sites is 1. The molecule has 0 saturated carbocycles. The third-order valence-corrected chi connectivity index (χ3v) is 5.34. The lowest BCUT2D eigenvalue weighted by atomic mass is 10.1. The van der Waals surface area contributed by atoms with Crippen molar-refractivity contribution in [1.29, 1.82) is 0 Å². The van der Waals surface area contributed by atoms with Crippen LogP contribution in [-0.2, 0) is 11.3 Å². The van der Waals surface area contributed by atoms with Gasteiger partial charge in [0.05, 0.1) is 30.6 Å². The first kappa shape index (κ1) is 17.8. The molecule has 1 atom stereocenters. The molecule has 2 aromatic carbocycles. The van der Waals surface area contributed by atoms with Gasteiger partial charge in [-0.15, -0.1) is 0 Å². The van der Waals surface area contributed by atoms with E-state index in [1.165, 1.54) is 0 Å². The third kappa shape index (κ3) is 3.47. The molecule has 5 rings (SSSR count). The van der Waals surface area contributed by atoms with Crippen molar-refractivity contribution >= 4 is 16.9 Å². The fraction of sp³-hybridized carbons (Fsp3) is 0.261. The lowest BCUT2D eigenvalue weighted by Gasteiger charge is -2.32. The first-order valence-corrected chi connectivity index (χ1v) is 10.0. The summed E-state index contributed by atoms with van der Waals surface area (Å²) in [5.41, 5.74) is 4.12. The highest BCUT2D eigenvalue weighted by atomic mass is 16.5. The molecule has 2 aromatic heterocycles. The summed E-state index contributed by atoms with van der Waals surface area (Å²) < 4.78 is 7.95. The second kappa shape index (κ2) is 7.64. The van der Waals surface area contributed by atoms with E-state index < -0.39 is 0 Å². The third-order valence-electron chi connectivity index (χ3n) is 5.34.